The Balaban J connectivity index is 2.71. The van der Waals surface area contributed by atoms with Gasteiger partial charge in [-0.25, -0.2) is 4.79 Å². The molecule has 33 heavy (non-hydrogen) atoms. The Labute approximate surface area is 198 Å². The first-order valence-corrected chi connectivity index (χ1v) is 17.3. The molecule has 10 heteroatoms. The van der Waals surface area contributed by atoms with Crippen LogP contribution in [0.2, 0.25) is 36.3 Å². The van der Waals surface area contributed by atoms with Crippen molar-refractivity contribution in [3.63, 3.8) is 0 Å². The average Bonchev–Trinajstić information content (AvgIpc) is 3.00. The van der Waals surface area contributed by atoms with Crippen molar-refractivity contribution in [3.05, 3.63) is 33.1 Å². The van der Waals surface area contributed by atoms with E-state index < -0.39 is 58.3 Å². The molecule has 2 heterocycles. The molecule has 186 valence electrons. The number of H-pyrrole nitrogens is 1. The summed E-state index contributed by atoms with van der Waals surface area (Å²) in [6.07, 6.45) is -1.82. The van der Waals surface area contributed by atoms with Gasteiger partial charge in [0.2, 0.25) is 0 Å². The number of nitrogens with zero attached hydrogens (tertiary/aromatic N) is 1. The van der Waals surface area contributed by atoms with Crippen LogP contribution in [-0.2, 0) is 9.16 Å². The third-order valence-electron chi connectivity index (χ3n) is 7.56. The second kappa shape index (κ2) is 10.0. The smallest absolute Gasteiger partial charge is 0.330 e. The largest absolute Gasteiger partial charge is 0.405 e. The highest BCUT2D eigenvalue weighted by Gasteiger charge is 2.59. The minimum atomic E-state index is -2.47. The Morgan fingerprint density at radius 2 is 1.79 bits per heavy atom. The Kier molecular flexibility index (Phi) is 8.42. The van der Waals surface area contributed by atoms with Crippen LogP contribution in [0.15, 0.2) is 21.9 Å². The molecular formula is C23H40N2O6Si2. The number of aliphatic hydroxyl groups is 2. The lowest BCUT2D eigenvalue weighted by Gasteiger charge is -2.42. The molecule has 1 fully saturated rings. The molecule has 2 rings (SSSR count). The van der Waals surface area contributed by atoms with Crippen molar-refractivity contribution in [2.75, 3.05) is 6.61 Å². The average molecular weight is 497 g/mol. The van der Waals surface area contributed by atoms with E-state index in [9.17, 15) is 19.8 Å². The van der Waals surface area contributed by atoms with E-state index in [-0.39, 0.29) is 5.04 Å². The molecule has 1 aromatic rings. The van der Waals surface area contributed by atoms with Gasteiger partial charge in [0.1, 0.15) is 20.3 Å². The van der Waals surface area contributed by atoms with Crippen molar-refractivity contribution in [3.8, 4) is 11.5 Å². The fraction of sp³-hybridized carbons (Fsp3) is 0.739. The molecule has 0 spiro atoms. The minimum absolute atomic E-state index is 0.187. The zero-order valence-electron chi connectivity index (χ0n) is 21.2. The molecular weight excluding hydrogens is 456 g/mol. The minimum Gasteiger partial charge on any atom is -0.405 e. The summed E-state index contributed by atoms with van der Waals surface area (Å²) in [4.78, 5) is 26.5. The maximum atomic E-state index is 12.6. The second-order valence-corrected chi connectivity index (χ2v) is 20.1. The van der Waals surface area contributed by atoms with Crippen molar-refractivity contribution < 1.29 is 19.4 Å². The maximum Gasteiger partial charge on any atom is 0.330 e. The van der Waals surface area contributed by atoms with Gasteiger partial charge in [-0.15, -0.1) is 5.54 Å². The van der Waals surface area contributed by atoms with Crippen molar-refractivity contribution in [2.24, 2.45) is 0 Å². The predicted molar refractivity (Wildman–Crippen MR) is 134 cm³/mol. The second-order valence-electron chi connectivity index (χ2n) is 10.4. The molecule has 0 radical (unpaired) electrons. The van der Waals surface area contributed by atoms with Gasteiger partial charge in [-0.2, -0.15) is 0 Å². The molecule has 0 unspecified atom stereocenters. The number of ether oxygens (including phenoxy) is 1. The van der Waals surface area contributed by atoms with Crippen LogP contribution in [0.5, 0.6) is 0 Å². The number of hydrogen-bond acceptors (Lipinski definition) is 6. The third-order valence-corrected chi connectivity index (χ3v) is 16.7. The summed E-state index contributed by atoms with van der Waals surface area (Å²) < 4.78 is 13.9. The third kappa shape index (κ3) is 5.44. The number of rotatable bonds is 7. The highest BCUT2D eigenvalue weighted by atomic mass is 28.4. The summed E-state index contributed by atoms with van der Waals surface area (Å²) in [5.74, 6) is 3.10. The zero-order valence-corrected chi connectivity index (χ0v) is 23.2. The fourth-order valence-corrected chi connectivity index (χ4v) is 7.59. The van der Waals surface area contributed by atoms with E-state index in [1.54, 1.807) is 0 Å². The molecule has 0 saturated carbocycles. The summed E-state index contributed by atoms with van der Waals surface area (Å²) in [5.41, 5.74) is 0.391. The van der Waals surface area contributed by atoms with E-state index >= 15 is 0 Å². The van der Waals surface area contributed by atoms with E-state index in [0.717, 1.165) is 18.1 Å². The molecule has 1 saturated heterocycles. The van der Waals surface area contributed by atoms with Gasteiger partial charge in [-0.05, 0) is 36.3 Å². The lowest BCUT2D eigenvalue weighted by Crippen LogP contribution is -2.56. The van der Waals surface area contributed by atoms with Gasteiger partial charge in [-0.1, -0.05) is 47.5 Å². The first-order valence-electron chi connectivity index (χ1n) is 11.7. The normalized spacial score (nSPS) is 26.2. The molecule has 4 atom stereocenters. The first kappa shape index (κ1) is 27.8. The van der Waals surface area contributed by atoms with Crippen molar-refractivity contribution in [1.82, 2.24) is 9.55 Å². The number of aliphatic hydroxyl groups excluding tert-OH is 1. The van der Waals surface area contributed by atoms with Gasteiger partial charge < -0.3 is 19.4 Å². The summed E-state index contributed by atoms with van der Waals surface area (Å²) in [6, 6.07) is 4.06. The quantitative estimate of drug-likeness (QED) is 0.395. The van der Waals surface area contributed by atoms with Crippen molar-refractivity contribution >= 4 is 16.4 Å². The summed E-state index contributed by atoms with van der Waals surface area (Å²) in [7, 11) is -4.41. The van der Waals surface area contributed by atoms with Gasteiger partial charge in [0.15, 0.2) is 20.1 Å². The van der Waals surface area contributed by atoms with Crippen LogP contribution >= 0.6 is 0 Å². The number of aromatic amines is 1. The number of aromatic nitrogens is 2. The van der Waals surface area contributed by atoms with Crippen LogP contribution in [0.25, 0.3) is 0 Å². The van der Waals surface area contributed by atoms with Gasteiger partial charge >= 0.3 is 5.69 Å². The first-order chi connectivity index (χ1) is 15.2. The van der Waals surface area contributed by atoms with Crippen LogP contribution in [0.1, 0.15) is 47.8 Å². The molecule has 3 N–H and O–H groups in total. The number of hydrogen-bond donors (Lipinski definition) is 3. The van der Waals surface area contributed by atoms with E-state index in [4.69, 9.17) is 9.16 Å². The SMILES string of the molecule is CC[Si](C#C[C@@]1(O)[C@@H](CO)O[C@@H](n2ccc(=O)[nH]c2=O)[C@@H]1O[Si](C)(C)C(C)(C)C)(CC)CC. The van der Waals surface area contributed by atoms with E-state index in [1.165, 1.54) is 16.8 Å². The Hall–Kier alpha value is -1.49. The molecule has 8 nitrogen and oxygen atoms in total. The summed E-state index contributed by atoms with van der Waals surface area (Å²) >= 11 is 0. The van der Waals surface area contributed by atoms with Gasteiger partial charge in [0.25, 0.3) is 5.56 Å². The van der Waals surface area contributed by atoms with Crippen LogP contribution in [0, 0.1) is 11.5 Å². The highest BCUT2D eigenvalue weighted by Crippen LogP contribution is 2.45. The molecule has 0 amide bonds. The van der Waals surface area contributed by atoms with Gasteiger partial charge in [-0.3, -0.25) is 14.3 Å². The van der Waals surface area contributed by atoms with Crippen LogP contribution in [0.3, 0.4) is 0 Å². The van der Waals surface area contributed by atoms with Gasteiger partial charge in [0, 0.05) is 12.3 Å². The molecule has 0 bridgehead atoms. The molecule has 0 aliphatic carbocycles. The fourth-order valence-electron chi connectivity index (χ4n) is 3.81. The lowest BCUT2D eigenvalue weighted by atomic mass is 9.93. The Bertz CT molecular complexity index is 991. The monoisotopic (exact) mass is 496 g/mol. The van der Waals surface area contributed by atoms with Crippen molar-refractivity contribution in [2.45, 2.75) is 102 Å². The molecule has 1 aliphatic heterocycles. The lowest BCUT2D eigenvalue weighted by molar-refractivity contribution is -0.0624. The van der Waals surface area contributed by atoms with Crippen LogP contribution in [-0.4, -0.2) is 60.6 Å². The number of nitrogens with one attached hydrogen (secondary N) is 1. The Morgan fingerprint density at radius 1 is 1.21 bits per heavy atom. The zero-order chi connectivity index (χ0) is 25.2. The van der Waals surface area contributed by atoms with Crippen molar-refractivity contribution in [1.29, 1.82) is 0 Å². The standard InChI is InChI=1S/C23H40N2O6Si2/c1-9-33(10-2,11-3)15-13-23(29)17(16-26)30-20(25-14-12-18(27)24-21(25)28)19(23)31-32(7,8)22(4,5)6/h12,14,17,19-20,26,29H,9-11,16H2,1-8H3,(H,24,27,28)/t17-,19+,20-,23-/m1/s1. The van der Waals surface area contributed by atoms with Gasteiger partial charge in [0.05, 0.1) is 6.61 Å². The van der Waals surface area contributed by atoms with E-state index in [1.807, 2.05) is 13.1 Å². The van der Waals surface area contributed by atoms with E-state index in [0.29, 0.717) is 0 Å². The molecule has 0 aromatic carbocycles. The predicted octanol–water partition coefficient (Wildman–Crippen LogP) is 2.60. The molecule has 1 aromatic heterocycles. The molecule has 1 aliphatic rings. The summed E-state index contributed by atoms with van der Waals surface area (Å²) in [5, 5.41) is 21.9. The highest BCUT2D eigenvalue weighted by molar-refractivity contribution is 6.87. The summed E-state index contributed by atoms with van der Waals surface area (Å²) in [6.45, 7) is 16.2. The van der Waals surface area contributed by atoms with Crippen LogP contribution < -0.4 is 11.2 Å². The van der Waals surface area contributed by atoms with E-state index in [2.05, 4.69) is 58.0 Å². The Morgan fingerprint density at radius 3 is 2.24 bits per heavy atom. The maximum absolute atomic E-state index is 12.6. The van der Waals surface area contributed by atoms with Crippen LogP contribution in [0.4, 0.5) is 0 Å². The topological polar surface area (TPSA) is 114 Å².